The summed E-state index contributed by atoms with van der Waals surface area (Å²) >= 11 is 0. The Morgan fingerprint density at radius 2 is 1.69 bits per heavy atom. The predicted octanol–water partition coefficient (Wildman–Crippen LogP) is 4.83. The molecule has 1 aliphatic rings. The van der Waals surface area contributed by atoms with E-state index in [-0.39, 0.29) is 11.8 Å². The van der Waals surface area contributed by atoms with E-state index in [1.807, 2.05) is 42.5 Å². The topological polar surface area (TPSA) is 92.5 Å². The zero-order valence-electron chi connectivity index (χ0n) is 20.2. The molecule has 0 aromatic heterocycles. The van der Waals surface area contributed by atoms with Crippen molar-refractivity contribution in [2.24, 2.45) is 0 Å². The Morgan fingerprint density at radius 1 is 0.971 bits per heavy atom. The van der Waals surface area contributed by atoms with Crippen molar-refractivity contribution in [1.82, 2.24) is 5.32 Å². The number of nitrogens with zero attached hydrogens (tertiary/aromatic N) is 1. The summed E-state index contributed by atoms with van der Waals surface area (Å²) in [5, 5.41) is 2.78. The van der Waals surface area contributed by atoms with Crippen LogP contribution in [0.4, 0.5) is 11.4 Å². The monoisotopic (exact) mass is 469 g/mol. The average Bonchev–Trinajstić information content (AvgIpc) is 2.95. The van der Waals surface area contributed by atoms with Gasteiger partial charge in [0.1, 0.15) is 6.04 Å². The molecule has 0 bridgehead atoms. The number of aryl methyl sites for hydroxylation is 1. The molecule has 3 amide bonds. The lowest BCUT2D eigenvalue weighted by Gasteiger charge is -2.26. The highest BCUT2D eigenvalue weighted by molar-refractivity contribution is 6.22. The zero-order chi connectivity index (χ0) is 24.9. The van der Waals surface area contributed by atoms with Gasteiger partial charge in [0.15, 0.2) is 0 Å². The summed E-state index contributed by atoms with van der Waals surface area (Å²) in [6.45, 7) is 3.41. The highest BCUT2D eigenvalue weighted by Gasteiger charge is 2.37. The van der Waals surface area contributed by atoms with Crippen LogP contribution in [0, 0.1) is 0 Å². The molecule has 1 unspecified atom stereocenters. The van der Waals surface area contributed by atoms with Crippen LogP contribution in [0.15, 0.2) is 72.8 Å². The van der Waals surface area contributed by atoms with Crippen LogP contribution in [-0.4, -0.2) is 23.8 Å². The number of anilines is 2. The van der Waals surface area contributed by atoms with Crippen molar-refractivity contribution >= 4 is 29.1 Å². The van der Waals surface area contributed by atoms with Crippen molar-refractivity contribution in [2.75, 3.05) is 10.6 Å². The minimum absolute atomic E-state index is 0.203. The number of carbonyl (C=O) groups is 3. The van der Waals surface area contributed by atoms with Crippen LogP contribution in [0.25, 0.3) is 11.1 Å². The standard InChI is InChI=1S/C29H31N3O3/c1-19-22-14-7-8-15-23(22)27-24(30)16-10-17-25(27)32(28(19)34)29(35)20(2)31-26(33)18-9-6-13-21-11-4-3-5-12-21/h3-5,7-8,10-12,14-17,19-20H,6,9,13,18,30H2,1-2H3,(H,31,33)/t19?,20-/m0/s1. The van der Waals surface area contributed by atoms with Gasteiger partial charge in [-0.05, 0) is 61.9 Å². The molecule has 0 saturated carbocycles. The van der Waals surface area contributed by atoms with Crippen LogP contribution in [0.5, 0.6) is 0 Å². The zero-order valence-corrected chi connectivity index (χ0v) is 20.2. The molecule has 1 aliphatic heterocycles. The Bertz CT molecular complexity index is 1240. The fraction of sp³-hybridized carbons (Fsp3) is 0.276. The van der Waals surface area contributed by atoms with Crippen LogP contribution in [0.3, 0.4) is 0 Å². The number of unbranched alkanes of at least 4 members (excludes halogenated alkanes) is 1. The number of nitrogens with two attached hydrogens (primary N) is 1. The van der Waals surface area contributed by atoms with E-state index in [1.165, 1.54) is 10.5 Å². The predicted molar refractivity (Wildman–Crippen MR) is 139 cm³/mol. The summed E-state index contributed by atoms with van der Waals surface area (Å²) in [7, 11) is 0. The Morgan fingerprint density at radius 3 is 2.46 bits per heavy atom. The molecule has 3 aromatic rings. The second kappa shape index (κ2) is 10.6. The highest BCUT2D eigenvalue weighted by Crippen LogP contribution is 2.44. The van der Waals surface area contributed by atoms with Gasteiger partial charge in [0.2, 0.25) is 11.8 Å². The van der Waals surface area contributed by atoms with E-state index in [1.54, 1.807) is 32.0 Å². The van der Waals surface area contributed by atoms with E-state index < -0.39 is 17.9 Å². The van der Waals surface area contributed by atoms with Crippen LogP contribution in [0.1, 0.15) is 50.2 Å². The molecule has 0 fully saturated rings. The molecule has 0 aliphatic carbocycles. The third-order valence-electron chi connectivity index (χ3n) is 6.53. The maximum absolute atomic E-state index is 13.5. The van der Waals surface area contributed by atoms with Crippen LogP contribution in [0.2, 0.25) is 0 Å². The number of nitrogens with one attached hydrogen (secondary N) is 1. The number of nitrogen functional groups attached to an aromatic ring is 1. The second-order valence-electron chi connectivity index (χ2n) is 9.04. The van der Waals surface area contributed by atoms with E-state index in [2.05, 4.69) is 17.4 Å². The van der Waals surface area contributed by atoms with Crippen molar-refractivity contribution in [3.63, 3.8) is 0 Å². The van der Waals surface area contributed by atoms with Crippen LogP contribution >= 0.6 is 0 Å². The summed E-state index contributed by atoms with van der Waals surface area (Å²) in [5.74, 6) is -1.55. The molecule has 2 atom stereocenters. The van der Waals surface area contributed by atoms with Crippen molar-refractivity contribution < 1.29 is 14.4 Å². The first-order chi connectivity index (χ1) is 16.9. The van der Waals surface area contributed by atoms with Crippen molar-refractivity contribution in [3.8, 4) is 11.1 Å². The number of fused-ring (bicyclic) bond motifs is 3. The van der Waals surface area contributed by atoms with Crippen molar-refractivity contribution in [1.29, 1.82) is 0 Å². The van der Waals surface area contributed by atoms with Gasteiger partial charge in [-0.15, -0.1) is 0 Å². The minimum Gasteiger partial charge on any atom is -0.398 e. The number of amides is 3. The van der Waals surface area contributed by atoms with Gasteiger partial charge >= 0.3 is 0 Å². The fourth-order valence-electron chi connectivity index (χ4n) is 4.64. The summed E-state index contributed by atoms with van der Waals surface area (Å²) in [6.07, 6.45) is 2.83. The van der Waals surface area contributed by atoms with E-state index >= 15 is 0 Å². The van der Waals surface area contributed by atoms with E-state index in [4.69, 9.17) is 5.73 Å². The molecule has 0 spiro atoms. The summed E-state index contributed by atoms with van der Waals surface area (Å²) in [5.41, 5.74) is 10.8. The third-order valence-corrected chi connectivity index (χ3v) is 6.53. The third kappa shape index (κ3) is 5.11. The van der Waals surface area contributed by atoms with Crippen LogP contribution < -0.4 is 16.0 Å². The fourth-order valence-corrected chi connectivity index (χ4v) is 4.64. The molecule has 35 heavy (non-hydrogen) atoms. The number of carbonyl (C=O) groups excluding carboxylic acids is 3. The molecule has 4 rings (SSSR count). The molecule has 6 heteroatoms. The molecule has 1 heterocycles. The molecule has 3 aromatic carbocycles. The van der Waals surface area contributed by atoms with Gasteiger partial charge in [0, 0.05) is 17.7 Å². The largest absolute Gasteiger partial charge is 0.398 e. The number of imide groups is 1. The average molecular weight is 470 g/mol. The molecule has 0 radical (unpaired) electrons. The molecule has 180 valence electrons. The summed E-state index contributed by atoms with van der Waals surface area (Å²) in [6, 6.07) is 22.1. The van der Waals surface area contributed by atoms with Gasteiger partial charge in [-0.2, -0.15) is 0 Å². The lowest BCUT2D eigenvalue weighted by Crippen LogP contribution is -2.50. The number of hydrogen-bond donors (Lipinski definition) is 2. The lowest BCUT2D eigenvalue weighted by molar-refractivity contribution is -0.131. The van der Waals surface area contributed by atoms with Gasteiger partial charge in [0.05, 0.1) is 11.6 Å². The van der Waals surface area contributed by atoms with Crippen LogP contribution in [-0.2, 0) is 20.8 Å². The Hall–Kier alpha value is -3.93. The van der Waals surface area contributed by atoms with Gasteiger partial charge in [-0.1, -0.05) is 60.7 Å². The maximum Gasteiger partial charge on any atom is 0.256 e. The first kappa shape index (κ1) is 24.2. The number of hydrogen-bond acceptors (Lipinski definition) is 4. The van der Waals surface area contributed by atoms with Gasteiger partial charge < -0.3 is 11.1 Å². The van der Waals surface area contributed by atoms with E-state index in [9.17, 15) is 14.4 Å². The first-order valence-electron chi connectivity index (χ1n) is 12.1. The van der Waals surface area contributed by atoms with Gasteiger partial charge in [0.25, 0.3) is 5.91 Å². The Balaban J connectivity index is 1.48. The number of benzene rings is 3. The van der Waals surface area contributed by atoms with Gasteiger partial charge in [-0.3, -0.25) is 14.4 Å². The number of rotatable bonds is 7. The van der Waals surface area contributed by atoms with Crippen molar-refractivity contribution in [2.45, 2.75) is 51.5 Å². The minimum atomic E-state index is -0.858. The Kier molecular flexibility index (Phi) is 7.30. The summed E-state index contributed by atoms with van der Waals surface area (Å²) in [4.78, 5) is 40.8. The van der Waals surface area contributed by atoms with Crippen molar-refractivity contribution in [3.05, 3.63) is 83.9 Å². The Labute approximate surface area is 206 Å². The highest BCUT2D eigenvalue weighted by atomic mass is 16.2. The maximum atomic E-state index is 13.5. The quantitative estimate of drug-likeness (QED) is 0.383. The molecule has 3 N–H and O–H groups in total. The summed E-state index contributed by atoms with van der Waals surface area (Å²) < 4.78 is 0. The molecular formula is C29H31N3O3. The van der Waals surface area contributed by atoms with Gasteiger partial charge in [-0.25, -0.2) is 4.90 Å². The SMILES string of the molecule is CC1C(=O)N(C(=O)[C@H](C)NC(=O)CCCCc2ccccc2)c2cccc(N)c2-c2ccccc21. The molecule has 0 saturated heterocycles. The van der Waals surface area contributed by atoms with E-state index in [0.29, 0.717) is 23.4 Å². The smallest absolute Gasteiger partial charge is 0.256 e. The first-order valence-corrected chi connectivity index (χ1v) is 12.1. The lowest BCUT2D eigenvalue weighted by atomic mass is 9.92. The van der Waals surface area contributed by atoms with E-state index in [0.717, 1.165) is 30.4 Å². The second-order valence-corrected chi connectivity index (χ2v) is 9.04. The normalized spacial score (nSPS) is 15.5. The molecular weight excluding hydrogens is 438 g/mol. The molecule has 6 nitrogen and oxygen atoms in total.